The molecular formula is C12H20N2O. The van der Waals surface area contributed by atoms with Crippen LogP contribution in [-0.2, 0) is 6.54 Å². The molecule has 1 aliphatic rings. The van der Waals surface area contributed by atoms with Crippen LogP contribution in [-0.4, -0.2) is 19.1 Å². The molecular weight excluding hydrogens is 188 g/mol. The Balaban J connectivity index is 1.76. The van der Waals surface area contributed by atoms with Crippen LogP contribution >= 0.6 is 0 Å². The molecule has 1 saturated heterocycles. The summed E-state index contributed by atoms with van der Waals surface area (Å²) < 4.78 is 5.53. The van der Waals surface area contributed by atoms with Gasteiger partial charge in [0.1, 0.15) is 11.5 Å². The molecule has 1 fully saturated rings. The van der Waals surface area contributed by atoms with Crippen molar-refractivity contribution >= 4 is 0 Å². The first-order valence-electron chi connectivity index (χ1n) is 5.84. The molecule has 15 heavy (non-hydrogen) atoms. The number of hydrogen-bond donors (Lipinski definition) is 2. The fraction of sp³-hybridized carbons (Fsp3) is 0.667. The summed E-state index contributed by atoms with van der Waals surface area (Å²) in [4.78, 5) is 0. The summed E-state index contributed by atoms with van der Waals surface area (Å²) in [5.74, 6) is 2.04. The lowest BCUT2D eigenvalue weighted by Gasteiger charge is -2.14. The average molecular weight is 208 g/mol. The standard InChI is InChI=1S/C12H20N2O/c1-10-4-5-12(15-10)9-14-11-3-2-7-13-8-6-11/h4-5,11,13-14H,2-3,6-9H2,1H3. The van der Waals surface area contributed by atoms with Crippen LogP contribution in [0.2, 0.25) is 0 Å². The molecule has 0 bridgehead atoms. The molecule has 0 radical (unpaired) electrons. The van der Waals surface area contributed by atoms with Crippen molar-refractivity contribution in [2.45, 2.75) is 38.8 Å². The molecule has 0 spiro atoms. The Morgan fingerprint density at radius 2 is 2.33 bits per heavy atom. The van der Waals surface area contributed by atoms with E-state index in [0.29, 0.717) is 6.04 Å². The summed E-state index contributed by atoms with van der Waals surface area (Å²) in [6, 6.07) is 4.72. The van der Waals surface area contributed by atoms with Crippen molar-refractivity contribution < 1.29 is 4.42 Å². The Morgan fingerprint density at radius 1 is 1.40 bits per heavy atom. The Morgan fingerprint density at radius 3 is 3.13 bits per heavy atom. The molecule has 2 heterocycles. The van der Waals surface area contributed by atoms with Crippen molar-refractivity contribution in [3.05, 3.63) is 23.7 Å². The van der Waals surface area contributed by atoms with Gasteiger partial charge in [-0.1, -0.05) is 0 Å². The maximum atomic E-state index is 5.53. The molecule has 0 amide bonds. The third-order valence-electron chi connectivity index (χ3n) is 2.94. The zero-order chi connectivity index (χ0) is 10.5. The molecule has 84 valence electrons. The minimum atomic E-state index is 0.644. The van der Waals surface area contributed by atoms with Crippen LogP contribution in [0, 0.1) is 6.92 Å². The van der Waals surface area contributed by atoms with Gasteiger partial charge in [-0.15, -0.1) is 0 Å². The fourth-order valence-corrected chi connectivity index (χ4v) is 2.05. The van der Waals surface area contributed by atoms with Gasteiger partial charge in [0.2, 0.25) is 0 Å². The lowest BCUT2D eigenvalue weighted by Crippen LogP contribution is -2.29. The van der Waals surface area contributed by atoms with E-state index in [9.17, 15) is 0 Å². The van der Waals surface area contributed by atoms with E-state index < -0.39 is 0 Å². The van der Waals surface area contributed by atoms with Crippen LogP contribution in [0.15, 0.2) is 16.5 Å². The van der Waals surface area contributed by atoms with Gasteiger partial charge in [0, 0.05) is 6.04 Å². The number of furan rings is 1. The number of hydrogen-bond acceptors (Lipinski definition) is 3. The summed E-state index contributed by atoms with van der Waals surface area (Å²) in [6.45, 7) is 5.14. The van der Waals surface area contributed by atoms with Crippen LogP contribution in [0.1, 0.15) is 30.8 Å². The Labute approximate surface area is 91.2 Å². The molecule has 2 N–H and O–H groups in total. The van der Waals surface area contributed by atoms with Gasteiger partial charge in [0.25, 0.3) is 0 Å². The third-order valence-corrected chi connectivity index (χ3v) is 2.94. The van der Waals surface area contributed by atoms with E-state index >= 15 is 0 Å². The Bertz CT molecular complexity index is 288. The van der Waals surface area contributed by atoms with Gasteiger partial charge in [-0.3, -0.25) is 0 Å². The minimum Gasteiger partial charge on any atom is -0.465 e. The molecule has 1 atom stereocenters. The molecule has 1 aromatic heterocycles. The second-order valence-electron chi connectivity index (χ2n) is 4.27. The molecule has 3 nitrogen and oxygen atoms in total. The highest BCUT2D eigenvalue weighted by Crippen LogP contribution is 2.09. The van der Waals surface area contributed by atoms with Gasteiger partial charge in [0.15, 0.2) is 0 Å². The summed E-state index contributed by atoms with van der Waals surface area (Å²) in [6.07, 6.45) is 3.77. The van der Waals surface area contributed by atoms with E-state index in [0.717, 1.165) is 31.2 Å². The molecule has 1 aromatic rings. The van der Waals surface area contributed by atoms with Crippen molar-refractivity contribution in [1.82, 2.24) is 10.6 Å². The van der Waals surface area contributed by atoms with Crippen LogP contribution in [0.25, 0.3) is 0 Å². The average Bonchev–Trinajstić information content (AvgIpc) is 2.52. The summed E-state index contributed by atoms with van der Waals surface area (Å²) in [5, 5.41) is 6.97. The molecule has 0 aromatic carbocycles. The van der Waals surface area contributed by atoms with Crippen LogP contribution in [0.3, 0.4) is 0 Å². The number of nitrogens with one attached hydrogen (secondary N) is 2. The largest absolute Gasteiger partial charge is 0.465 e. The predicted octanol–water partition coefficient (Wildman–Crippen LogP) is 1.82. The van der Waals surface area contributed by atoms with Crippen molar-refractivity contribution in [2.24, 2.45) is 0 Å². The molecule has 1 unspecified atom stereocenters. The highest BCUT2D eigenvalue weighted by Gasteiger charge is 2.11. The topological polar surface area (TPSA) is 37.2 Å². The van der Waals surface area contributed by atoms with Crippen molar-refractivity contribution in [2.75, 3.05) is 13.1 Å². The van der Waals surface area contributed by atoms with Crippen molar-refractivity contribution in [3.63, 3.8) is 0 Å². The van der Waals surface area contributed by atoms with E-state index in [4.69, 9.17) is 4.42 Å². The summed E-state index contributed by atoms with van der Waals surface area (Å²) in [5.41, 5.74) is 0. The molecule has 2 rings (SSSR count). The first kappa shape index (κ1) is 10.7. The van der Waals surface area contributed by atoms with Crippen LogP contribution in [0.5, 0.6) is 0 Å². The second kappa shape index (κ2) is 5.33. The van der Waals surface area contributed by atoms with Gasteiger partial charge >= 0.3 is 0 Å². The van der Waals surface area contributed by atoms with Crippen molar-refractivity contribution in [3.8, 4) is 0 Å². The molecule has 0 saturated carbocycles. The maximum Gasteiger partial charge on any atom is 0.117 e. The van der Waals surface area contributed by atoms with Crippen LogP contribution < -0.4 is 10.6 Å². The third kappa shape index (κ3) is 3.36. The summed E-state index contributed by atoms with van der Waals surface area (Å²) in [7, 11) is 0. The smallest absolute Gasteiger partial charge is 0.117 e. The number of aryl methyl sites for hydroxylation is 1. The zero-order valence-electron chi connectivity index (χ0n) is 9.38. The first-order valence-corrected chi connectivity index (χ1v) is 5.84. The lowest BCUT2D eigenvalue weighted by molar-refractivity contribution is 0.413. The van der Waals surface area contributed by atoms with E-state index in [-0.39, 0.29) is 0 Å². The maximum absolute atomic E-state index is 5.53. The monoisotopic (exact) mass is 208 g/mol. The van der Waals surface area contributed by atoms with Crippen molar-refractivity contribution in [1.29, 1.82) is 0 Å². The highest BCUT2D eigenvalue weighted by molar-refractivity contribution is 5.05. The van der Waals surface area contributed by atoms with E-state index in [1.165, 1.54) is 19.3 Å². The van der Waals surface area contributed by atoms with Gasteiger partial charge in [-0.25, -0.2) is 0 Å². The quantitative estimate of drug-likeness (QED) is 0.795. The first-order chi connectivity index (χ1) is 7.34. The van der Waals surface area contributed by atoms with Gasteiger partial charge < -0.3 is 15.1 Å². The van der Waals surface area contributed by atoms with E-state index in [2.05, 4.69) is 16.7 Å². The number of rotatable bonds is 3. The van der Waals surface area contributed by atoms with E-state index in [1.807, 2.05) is 13.0 Å². The second-order valence-corrected chi connectivity index (χ2v) is 4.27. The molecule has 3 heteroatoms. The normalized spacial score (nSPS) is 22.6. The molecule has 0 aliphatic carbocycles. The van der Waals surface area contributed by atoms with Gasteiger partial charge in [-0.2, -0.15) is 0 Å². The van der Waals surface area contributed by atoms with Gasteiger partial charge in [0.05, 0.1) is 6.54 Å². The zero-order valence-corrected chi connectivity index (χ0v) is 9.38. The lowest BCUT2D eigenvalue weighted by atomic mass is 10.1. The van der Waals surface area contributed by atoms with Gasteiger partial charge in [-0.05, 0) is 51.4 Å². The highest BCUT2D eigenvalue weighted by atomic mass is 16.3. The fourth-order valence-electron chi connectivity index (χ4n) is 2.05. The van der Waals surface area contributed by atoms with E-state index in [1.54, 1.807) is 0 Å². The Kier molecular flexibility index (Phi) is 3.80. The van der Waals surface area contributed by atoms with Crippen LogP contribution in [0.4, 0.5) is 0 Å². The minimum absolute atomic E-state index is 0.644. The summed E-state index contributed by atoms with van der Waals surface area (Å²) >= 11 is 0. The Hall–Kier alpha value is -0.800. The predicted molar refractivity (Wildman–Crippen MR) is 60.8 cm³/mol. The molecule has 1 aliphatic heterocycles. The SMILES string of the molecule is Cc1ccc(CNC2CCCNCC2)o1.